The molecule has 0 aliphatic heterocycles. The van der Waals surface area contributed by atoms with E-state index in [1.165, 1.54) is 7.11 Å². The molecule has 0 aliphatic rings. The first-order chi connectivity index (χ1) is 8.22. The summed E-state index contributed by atoms with van der Waals surface area (Å²) >= 11 is 0.979. The third kappa shape index (κ3) is 5.91. The van der Waals surface area contributed by atoms with Gasteiger partial charge >= 0.3 is 80.2 Å². The second kappa shape index (κ2) is 7.26. The van der Waals surface area contributed by atoms with Crippen LogP contribution in [0.3, 0.4) is 0 Å². The van der Waals surface area contributed by atoms with Gasteiger partial charge in [0.15, 0.2) is 0 Å². The van der Waals surface area contributed by atoms with E-state index in [4.69, 9.17) is 14.6 Å². The Labute approximate surface area is 116 Å². The van der Waals surface area contributed by atoms with Crippen molar-refractivity contribution in [2.24, 2.45) is 5.41 Å². The van der Waals surface area contributed by atoms with E-state index in [2.05, 4.69) is 9.97 Å². The van der Waals surface area contributed by atoms with E-state index in [0.29, 0.717) is 11.9 Å². The van der Waals surface area contributed by atoms with Crippen LogP contribution >= 0.6 is 0 Å². The fraction of sp³-hybridized carbons (Fsp3) is 0.545. The number of carboxylic acids is 1. The molecule has 0 amide bonds. The summed E-state index contributed by atoms with van der Waals surface area (Å²) < 4.78 is 10.8. The Morgan fingerprint density at radius 1 is 1.33 bits per heavy atom. The molecule has 1 rings (SSSR count). The summed E-state index contributed by atoms with van der Waals surface area (Å²) in [6.07, 6.45) is 1.71. The Kier molecular flexibility index (Phi) is 6.77. The fourth-order valence-corrected chi connectivity index (χ4v) is 1.31. The number of methoxy groups -OCH3 is 2. The van der Waals surface area contributed by atoms with Gasteiger partial charge in [-0.05, 0) is 20.8 Å². The van der Waals surface area contributed by atoms with E-state index in [9.17, 15) is 4.79 Å². The van der Waals surface area contributed by atoms with Gasteiger partial charge in [-0.3, -0.25) is 4.79 Å². The minimum atomic E-state index is -0.757. The number of nitrogens with zero attached hydrogens (tertiary/aromatic N) is 2. The second-order valence-corrected chi connectivity index (χ2v) is 6.04. The second-order valence-electron chi connectivity index (χ2n) is 4.45. The van der Waals surface area contributed by atoms with Crippen LogP contribution in [0.25, 0.3) is 0 Å². The van der Waals surface area contributed by atoms with Crippen LogP contribution in [-0.2, 0) is 23.1 Å². The first-order valence-corrected chi connectivity index (χ1v) is 6.71. The monoisotopic (exact) mass is 305 g/mol. The fourth-order valence-electron chi connectivity index (χ4n) is 0.651. The molecule has 7 heteroatoms. The van der Waals surface area contributed by atoms with Crippen molar-refractivity contribution in [1.29, 1.82) is 0 Å². The van der Waals surface area contributed by atoms with Gasteiger partial charge in [-0.15, -0.1) is 0 Å². The Bertz CT molecular complexity index is 405. The molecule has 1 aromatic heterocycles. The number of rotatable bonds is 2. The van der Waals surface area contributed by atoms with Crippen LogP contribution in [0, 0.1) is 5.41 Å². The standard InChI is InChI=1S/C6H7N2O2.C5H10O2.Zn/c1-9-5-3-4-7-6(8-5)10-2;1-5(2,3)4(6)7;/h4H,1-2H3;1-3H3,(H,6,7);. The summed E-state index contributed by atoms with van der Waals surface area (Å²) in [5.74, 6) is -0.149. The van der Waals surface area contributed by atoms with E-state index >= 15 is 0 Å². The zero-order chi connectivity index (χ0) is 14.3. The van der Waals surface area contributed by atoms with Crippen LogP contribution in [0.2, 0.25) is 0 Å². The Balaban J connectivity index is 0.000000360. The maximum absolute atomic E-state index is 10.0. The zero-order valence-corrected chi connectivity index (χ0v) is 14.3. The summed E-state index contributed by atoms with van der Waals surface area (Å²) in [5.41, 5.74) is -0.583. The van der Waals surface area contributed by atoms with E-state index in [1.807, 2.05) is 0 Å². The minimum absolute atomic E-state index is 0.346. The van der Waals surface area contributed by atoms with Crippen LogP contribution < -0.4 is 13.6 Å². The molecule has 0 saturated heterocycles. The number of aliphatic carboxylic acids is 1. The molecular weight excluding hydrogens is 290 g/mol. The SMILES string of the molecule is CC(C)(C)C(=O)O.COc1nc[c]([Zn])c(OC)n1. The quantitative estimate of drug-likeness (QED) is 0.813. The van der Waals surface area contributed by atoms with Crippen LogP contribution in [0.1, 0.15) is 20.8 Å². The molecule has 1 N–H and O–H groups in total. The molecular formula is C11H17N2O4Zn. The molecule has 0 aliphatic carbocycles. The summed E-state index contributed by atoms with van der Waals surface area (Å²) in [6.45, 7) is 4.99. The zero-order valence-electron chi connectivity index (χ0n) is 11.4. The molecule has 0 saturated carbocycles. The number of ether oxygens (including phenoxy) is 2. The number of carbonyl (C=O) groups is 1. The molecule has 6 nitrogen and oxygen atoms in total. The third-order valence-corrected chi connectivity index (χ3v) is 2.84. The average molecular weight is 307 g/mol. The number of hydrogen-bond acceptors (Lipinski definition) is 5. The average Bonchev–Trinajstić information content (AvgIpc) is 2.29. The normalized spacial score (nSPS) is 10.2. The van der Waals surface area contributed by atoms with Gasteiger partial charge in [0.2, 0.25) is 0 Å². The molecule has 0 fully saturated rings. The van der Waals surface area contributed by atoms with Gasteiger partial charge in [0, 0.05) is 0 Å². The molecule has 0 aromatic carbocycles. The Morgan fingerprint density at radius 2 is 1.83 bits per heavy atom. The first-order valence-electron chi connectivity index (χ1n) is 5.22. The molecule has 97 valence electrons. The van der Waals surface area contributed by atoms with Crippen LogP contribution in [-0.4, -0.2) is 35.3 Å². The number of aromatic nitrogens is 2. The Morgan fingerprint density at radius 3 is 2.17 bits per heavy atom. The third-order valence-electron chi connectivity index (χ3n) is 1.82. The van der Waals surface area contributed by atoms with Crippen molar-refractivity contribution in [2.75, 3.05) is 14.2 Å². The van der Waals surface area contributed by atoms with Crippen molar-refractivity contribution in [2.45, 2.75) is 20.8 Å². The van der Waals surface area contributed by atoms with Crippen LogP contribution in [0.4, 0.5) is 0 Å². The van der Waals surface area contributed by atoms with Gasteiger partial charge < -0.3 is 5.11 Å². The van der Waals surface area contributed by atoms with Crippen molar-refractivity contribution in [1.82, 2.24) is 9.97 Å². The molecule has 1 aromatic rings. The molecule has 18 heavy (non-hydrogen) atoms. The topological polar surface area (TPSA) is 81.5 Å². The van der Waals surface area contributed by atoms with Crippen molar-refractivity contribution in [3.63, 3.8) is 0 Å². The summed E-state index contributed by atoms with van der Waals surface area (Å²) in [4.78, 5) is 17.9. The summed E-state index contributed by atoms with van der Waals surface area (Å²) in [5, 5.41) is 8.25. The van der Waals surface area contributed by atoms with Crippen LogP contribution in [0.15, 0.2) is 6.20 Å². The number of carboxylic acid groups (broad SMARTS) is 1. The van der Waals surface area contributed by atoms with Crippen molar-refractivity contribution in [3.05, 3.63) is 6.20 Å². The van der Waals surface area contributed by atoms with E-state index in [-0.39, 0.29) is 0 Å². The number of hydrogen-bond donors (Lipinski definition) is 1. The molecule has 0 atom stereocenters. The van der Waals surface area contributed by atoms with Crippen molar-refractivity contribution >= 4 is 10.1 Å². The van der Waals surface area contributed by atoms with E-state index in [1.54, 1.807) is 34.1 Å². The predicted molar refractivity (Wildman–Crippen MR) is 61.9 cm³/mol. The van der Waals surface area contributed by atoms with Gasteiger partial charge in [0.05, 0.1) is 5.41 Å². The molecule has 0 spiro atoms. The van der Waals surface area contributed by atoms with Gasteiger partial charge in [-0.1, -0.05) is 0 Å². The summed E-state index contributed by atoms with van der Waals surface area (Å²) in [7, 11) is 3.11. The summed E-state index contributed by atoms with van der Waals surface area (Å²) in [6, 6.07) is 0.346. The first kappa shape index (κ1) is 16.8. The maximum atomic E-state index is 10.0. The molecule has 1 heterocycles. The molecule has 0 radical (unpaired) electrons. The van der Waals surface area contributed by atoms with Crippen LogP contribution in [0.5, 0.6) is 11.9 Å². The van der Waals surface area contributed by atoms with Gasteiger partial charge in [0.25, 0.3) is 0 Å². The predicted octanol–water partition coefficient (Wildman–Crippen LogP) is 0.783. The Hall–Kier alpha value is -1.23. The molecule has 0 bridgehead atoms. The van der Waals surface area contributed by atoms with Gasteiger partial charge in [-0.25, -0.2) is 0 Å². The van der Waals surface area contributed by atoms with E-state index in [0.717, 1.165) is 22.5 Å². The van der Waals surface area contributed by atoms with Gasteiger partial charge in [0.1, 0.15) is 0 Å². The van der Waals surface area contributed by atoms with E-state index < -0.39 is 11.4 Å². The van der Waals surface area contributed by atoms with Gasteiger partial charge in [-0.2, -0.15) is 0 Å². The van der Waals surface area contributed by atoms with Crippen molar-refractivity contribution < 1.29 is 37.7 Å². The van der Waals surface area contributed by atoms with Crippen molar-refractivity contribution in [3.8, 4) is 11.9 Å². The molecule has 0 unspecified atom stereocenters.